The van der Waals surface area contributed by atoms with Crippen LogP contribution >= 0.6 is 0 Å². The van der Waals surface area contributed by atoms with Crippen LogP contribution in [-0.2, 0) is 0 Å². The molecule has 1 nitrogen and oxygen atoms in total. The number of likely N-dealkylation sites (N-methyl/N-ethyl adjacent to an activating group) is 1. The maximum Gasteiger partial charge on any atom is 1.00 e. The standard InChI is InChI=1S/C7H15N.Li.H/c1-7(2)5-6-8(3)4;;/h5H,6H2,1-4H3;;/q;+1;-1. The van der Waals surface area contributed by atoms with E-state index in [1.165, 1.54) is 5.57 Å². The van der Waals surface area contributed by atoms with Crippen molar-refractivity contribution in [1.82, 2.24) is 4.90 Å². The molecule has 2 heteroatoms. The molecule has 0 radical (unpaired) electrons. The van der Waals surface area contributed by atoms with Gasteiger partial charge in [-0.2, -0.15) is 0 Å². The first kappa shape index (κ1) is 12.0. The summed E-state index contributed by atoms with van der Waals surface area (Å²) in [6.07, 6.45) is 2.21. The number of allylic oxidation sites excluding steroid dienone is 1. The monoisotopic (exact) mass is 121 g/mol. The van der Waals surface area contributed by atoms with E-state index < -0.39 is 0 Å². The minimum atomic E-state index is 0. The minimum absolute atomic E-state index is 0. The number of rotatable bonds is 2. The zero-order valence-electron chi connectivity index (χ0n) is 8.23. The molecule has 0 aliphatic carbocycles. The van der Waals surface area contributed by atoms with Gasteiger partial charge in [0.05, 0.1) is 0 Å². The molecular weight excluding hydrogens is 105 g/mol. The summed E-state index contributed by atoms with van der Waals surface area (Å²) in [4.78, 5) is 2.15. The van der Waals surface area contributed by atoms with Gasteiger partial charge >= 0.3 is 18.9 Å². The Bertz CT molecular complexity index is 87.6. The van der Waals surface area contributed by atoms with Crippen molar-refractivity contribution in [1.29, 1.82) is 0 Å². The maximum atomic E-state index is 2.21. The molecule has 0 rings (SSSR count). The fourth-order valence-corrected chi connectivity index (χ4v) is 0.365. The van der Waals surface area contributed by atoms with Gasteiger partial charge < -0.3 is 6.33 Å². The summed E-state index contributed by atoms with van der Waals surface area (Å²) in [5.41, 5.74) is 1.39. The molecule has 0 saturated carbocycles. The fraction of sp³-hybridized carbons (Fsp3) is 0.714. The molecule has 0 aromatic carbocycles. The molecule has 0 atom stereocenters. The largest absolute Gasteiger partial charge is 1.00 e. The third-order valence-corrected chi connectivity index (χ3v) is 0.865. The van der Waals surface area contributed by atoms with Gasteiger partial charge in [-0.3, -0.25) is 0 Å². The van der Waals surface area contributed by atoms with Crippen LogP contribution in [0.5, 0.6) is 0 Å². The fourth-order valence-electron chi connectivity index (χ4n) is 0.365. The second-order valence-corrected chi connectivity index (χ2v) is 2.54. The summed E-state index contributed by atoms with van der Waals surface area (Å²) in [5, 5.41) is 0. The molecule has 0 N–H and O–H groups in total. The van der Waals surface area contributed by atoms with Crippen molar-refractivity contribution in [2.45, 2.75) is 13.8 Å². The number of hydrogen-bond acceptors (Lipinski definition) is 1. The summed E-state index contributed by atoms with van der Waals surface area (Å²) >= 11 is 0. The Balaban J connectivity index is -0.000000245. The van der Waals surface area contributed by atoms with Crippen LogP contribution in [0.1, 0.15) is 15.3 Å². The summed E-state index contributed by atoms with van der Waals surface area (Å²) in [7, 11) is 4.14. The van der Waals surface area contributed by atoms with Gasteiger partial charge in [0.25, 0.3) is 0 Å². The van der Waals surface area contributed by atoms with E-state index in [4.69, 9.17) is 0 Å². The van der Waals surface area contributed by atoms with E-state index in [-0.39, 0.29) is 20.3 Å². The molecule has 0 unspecified atom stereocenters. The third-order valence-electron chi connectivity index (χ3n) is 0.865. The Morgan fingerprint density at radius 1 is 1.44 bits per heavy atom. The van der Waals surface area contributed by atoms with Crippen LogP contribution in [0.3, 0.4) is 0 Å². The van der Waals surface area contributed by atoms with E-state index >= 15 is 0 Å². The molecule has 0 aliphatic heterocycles. The summed E-state index contributed by atoms with van der Waals surface area (Å²) in [6, 6.07) is 0. The zero-order valence-corrected chi connectivity index (χ0v) is 7.23. The third kappa shape index (κ3) is 11.7. The topological polar surface area (TPSA) is 3.24 Å². The summed E-state index contributed by atoms with van der Waals surface area (Å²) in [5.74, 6) is 0. The van der Waals surface area contributed by atoms with E-state index in [9.17, 15) is 0 Å². The first-order chi connectivity index (χ1) is 3.63. The average molecular weight is 121 g/mol. The Labute approximate surface area is 71.8 Å². The normalized spacial score (nSPS) is 8.56. The quantitative estimate of drug-likeness (QED) is 0.322. The first-order valence-electron chi connectivity index (χ1n) is 2.91. The van der Waals surface area contributed by atoms with Crippen LogP contribution in [0.25, 0.3) is 0 Å². The number of nitrogens with zero attached hydrogens (tertiary/aromatic N) is 1. The maximum absolute atomic E-state index is 2.21. The Hall–Kier alpha value is 0.297. The van der Waals surface area contributed by atoms with Crippen molar-refractivity contribution in [3.8, 4) is 0 Å². The smallest absolute Gasteiger partial charge is 1.00 e. The van der Waals surface area contributed by atoms with Crippen molar-refractivity contribution in [2.24, 2.45) is 0 Å². The molecule has 50 valence electrons. The minimum Gasteiger partial charge on any atom is -1.00 e. The Morgan fingerprint density at radius 3 is 2.00 bits per heavy atom. The van der Waals surface area contributed by atoms with Gasteiger partial charge in [0.15, 0.2) is 0 Å². The second kappa shape index (κ2) is 6.42. The molecule has 0 amide bonds. The van der Waals surface area contributed by atoms with Crippen LogP contribution in [0, 0.1) is 0 Å². The van der Waals surface area contributed by atoms with Crippen molar-refractivity contribution in [2.75, 3.05) is 20.6 Å². The summed E-state index contributed by atoms with van der Waals surface area (Å²) < 4.78 is 0. The zero-order chi connectivity index (χ0) is 6.57. The van der Waals surface area contributed by atoms with Crippen molar-refractivity contribution in [3.63, 3.8) is 0 Å². The molecule has 0 aromatic heterocycles. The van der Waals surface area contributed by atoms with Gasteiger partial charge in [-0.15, -0.1) is 0 Å². The van der Waals surface area contributed by atoms with E-state index in [1.807, 2.05) is 0 Å². The molecule has 0 aliphatic rings. The average Bonchev–Trinajstić information content (AvgIpc) is 1.61. The molecule has 0 heterocycles. The van der Waals surface area contributed by atoms with Gasteiger partial charge in [0.1, 0.15) is 0 Å². The predicted molar refractivity (Wildman–Crippen MR) is 39.1 cm³/mol. The van der Waals surface area contributed by atoms with E-state index in [0.717, 1.165) is 6.54 Å². The van der Waals surface area contributed by atoms with Gasteiger partial charge in [0.2, 0.25) is 0 Å². The molecule has 0 bridgehead atoms. The van der Waals surface area contributed by atoms with Gasteiger partial charge in [-0.05, 0) is 27.9 Å². The second-order valence-electron chi connectivity index (χ2n) is 2.54. The SMILES string of the molecule is CC(C)=CCN(C)C.[H-].[Li+]. The van der Waals surface area contributed by atoms with Crippen LogP contribution in [-0.4, -0.2) is 25.5 Å². The van der Waals surface area contributed by atoms with Gasteiger partial charge in [-0.1, -0.05) is 11.6 Å². The Morgan fingerprint density at radius 2 is 1.89 bits per heavy atom. The van der Waals surface area contributed by atoms with Crippen LogP contribution in [0.4, 0.5) is 0 Å². The van der Waals surface area contributed by atoms with Crippen LogP contribution in [0.15, 0.2) is 11.6 Å². The first-order valence-corrected chi connectivity index (χ1v) is 2.91. The van der Waals surface area contributed by atoms with E-state index in [0.29, 0.717) is 0 Å². The van der Waals surface area contributed by atoms with Crippen LogP contribution < -0.4 is 18.9 Å². The van der Waals surface area contributed by atoms with Crippen molar-refractivity contribution >= 4 is 0 Å². The predicted octanol–water partition coefficient (Wildman–Crippen LogP) is -1.37. The molecule has 9 heavy (non-hydrogen) atoms. The molecular formula is C7H16LiN. The van der Waals surface area contributed by atoms with Gasteiger partial charge in [0, 0.05) is 6.54 Å². The van der Waals surface area contributed by atoms with E-state index in [1.54, 1.807) is 0 Å². The Kier molecular flexibility index (Phi) is 8.57. The van der Waals surface area contributed by atoms with E-state index in [2.05, 4.69) is 38.9 Å². The molecule has 0 spiro atoms. The van der Waals surface area contributed by atoms with Crippen molar-refractivity contribution < 1.29 is 20.3 Å². The van der Waals surface area contributed by atoms with Crippen molar-refractivity contribution in [3.05, 3.63) is 11.6 Å². The molecule has 0 fully saturated rings. The molecule has 0 aromatic rings. The number of hydrogen-bond donors (Lipinski definition) is 0. The summed E-state index contributed by atoms with van der Waals surface area (Å²) in [6.45, 7) is 5.29. The van der Waals surface area contributed by atoms with Crippen LogP contribution in [0.2, 0.25) is 0 Å². The molecule has 0 saturated heterocycles. The van der Waals surface area contributed by atoms with Gasteiger partial charge in [-0.25, -0.2) is 0 Å².